The van der Waals surface area contributed by atoms with E-state index >= 15 is 0 Å². The number of amides is 1. The number of hydrogen-bond donors (Lipinski definition) is 1. The summed E-state index contributed by atoms with van der Waals surface area (Å²) in [6.45, 7) is 1.77. The van der Waals surface area contributed by atoms with Gasteiger partial charge in [0.1, 0.15) is 0 Å². The Bertz CT molecular complexity index is 503. The summed E-state index contributed by atoms with van der Waals surface area (Å²) in [7, 11) is 0. The molecule has 0 radical (unpaired) electrons. The van der Waals surface area contributed by atoms with Crippen LogP contribution in [0.3, 0.4) is 0 Å². The first kappa shape index (κ1) is 9.45. The summed E-state index contributed by atoms with van der Waals surface area (Å²) in [5, 5.41) is 0. The van der Waals surface area contributed by atoms with Crippen molar-refractivity contribution in [2.45, 2.75) is 6.92 Å². The van der Waals surface area contributed by atoms with E-state index in [0.29, 0.717) is 17.2 Å². The van der Waals surface area contributed by atoms with E-state index in [9.17, 15) is 4.79 Å². The van der Waals surface area contributed by atoms with Gasteiger partial charge in [0.15, 0.2) is 11.7 Å². The van der Waals surface area contributed by atoms with Crippen LogP contribution < -0.4 is 5.73 Å². The smallest absolute Gasteiger partial charge is 0.248 e. The Morgan fingerprint density at radius 3 is 2.87 bits per heavy atom. The Balaban J connectivity index is 2.45. The first-order valence-electron chi connectivity index (χ1n) is 4.49. The third-order valence-corrected chi connectivity index (χ3v) is 2.05. The van der Waals surface area contributed by atoms with E-state index in [4.69, 9.17) is 10.2 Å². The third-order valence-electron chi connectivity index (χ3n) is 2.05. The number of oxazole rings is 1. The zero-order valence-corrected chi connectivity index (χ0v) is 8.23. The molecule has 1 aromatic carbocycles. The maximum absolute atomic E-state index is 11.0. The van der Waals surface area contributed by atoms with Gasteiger partial charge in [-0.25, -0.2) is 4.98 Å². The van der Waals surface area contributed by atoms with Crippen molar-refractivity contribution >= 4 is 5.91 Å². The summed E-state index contributed by atoms with van der Waals surface area (Å²) in [6, 6.07) is 6.94. The molecule has 0 aliphatic rings. The molecule has 2 N–H and O–H groups in total. The van der Waals surface area contributed by atoms with Crippen molar-refractivity contribution in [1.29, 1.82) is 0 Å². The second-order valence-electron chi connectivity index (χ2n) is 3.19. The van der Waals surface area contributed by atoms with Gasteiger partial charge in [-0.3, -0.25) is 4.79 Å². The number of primary amides is 1. The minimum absolute atomic E-state index is 0.451. The highest BCUT2D eigenvalue weighted by atomic mass is 16.4. The Morgan fingerprint density at radius 1 is 1.47 bits per heavy atom. The van der Waals surface area contributed by atoms with E-state index in [-0.39, 0.29) is 0 Å². The van der Waals surface area contributed by atoms with Gasteiger partial charge >= 0.3 is 0 Å². The number of rotatable bonds is 2. The number of nitrogens with zero attached hydrogens (tertiary/aromatic N) is 1. The fraction of sp³-hybridized carbons (Fsp3) is 0.0909. The second kappa shape index (κ2) is 3.57. The molecule has 0 fully saturated rings. The van der Waals surface area contributed by atoms with Crippen LogP contribution in [-0.2, 0) is 0 Å². The molecule has 0 unspecified atom stereocenters. The molecule has 4 heteroatoms. The molecule has 0 bridgehead atoms. The molecule has 0 aliphatic heterocycles. The lowest BCUT2D eigenvalue weighted by atomic mass is 10.1. The molecule has 15 heavy (non-hydrogen) atoms. The van der Waals surface area contributed by atoms with Crippen LogP contribution in [0.15, 0.2) is 34.9 Å². The Kier molecular flexibility index (Phi) is 2.25. The highest BCUT2D eigenvalue weighted by Crippen LogP contribution is 2.20. The van der Waals surface area contributed by atoms with Gasteiger partial charge in [0, 0.05) is 18.1 Å². The zero-order valence-electron chi connectivity index (χ0n) is 8.23. The van der Waals surface area contributed by atoms with Crippen LogP contribution in [0.2, 0.25) is 0 Å². The molecule has 4 nitrogen and oxygen atoms in total. The van der Waals surface area contributed by atoms with Crippen molar-refractivity contribution in [2.24, 2.45) is 5.73 Å². The largest absolute Gasteiger partial charge is 0.441 e. The summed E-state index contributed by atoms with van der Waals surface area (Å²) in [6.07, 6.45) is 1.62. The first-order chi connectivity index (χ1) is 7.16. The molecule has 2 aromatic rings. The van der Waals surface area contributed by atoms with E-state index in [1.165, 1.54) is 0 Å². The summed E-state index contributed by atoms with van der Waals surface area (Å²) in [5.74, 6) is 0.776. The minimum atomic E-state index is -0.451. The molecular formula is C11H10N2O2. The van der Waals surface area contributed by atoms with Gasteiger partial charge in [-0.2, -0.15) is 0 Å². The number of nitrogens with two attached hydrogens (primary N) is 1. The summed E-state index contributed by atoms with van der Waals surface area (Å²) in [5.41, 5.74) is 6.44. The van der Waals surface area contributed by atoms with Gasteiger partial charge in [-0.15, -0.1) is 0 Å². The van der Waals surface area contributed by atoms with Gasteiger partial charge in [-0.05, 0) is 12.1 Å². The molecular weight excluding hydrogens is 192 g/mol. The summed E-state index contributed by atoms with van der Waals surface area (Å²) < 4.78 is 5.34. The van der Waals surface area contributed by atoms with E-state index in [1.54, 1.807) is 31.3 Å². The van der Waals surface area contributed by atoms with Crippen molar-refractivity contribution in [3.05, 3.63) is 41.9 Å². The number of carbonyl (C=O) groups is 1. The molecule has 2 rings (SSSR count). The van der Waals surface area contributed by atoms with Crippen LogP contribution >= 0.6 is 0 Å². The second-order valence-corrected chi connectivity index (χ2v) is 3.19. The van der Waals surface area contributed by atoms with Crippen LogP contribution in [0, 0.1) is 6.92 Å². The Hall–Kier alpha value is -2.10. The lowest BCUT2D eigenvalue weighted by Gasteiger charge is -1.98. The van der Waals surface area contributed by atoms with Crippen LogP contribution in [-0.4, -0.2) is 10.9 Å². The van der Waals surface area contributed by atoms with Gasteiger partial charge in [-0.1, -0.05) is 12.1 Å². The van der Waals surface area contributed by atoms with Crippen LogP contribution in [0.4, 0.5) is 0 Å². The zero-order chi connectivity index (χ0) is 10.8. The fourth-order valence-electron chi connectivity index (χ4n) is 1.32. The minimum Gasteiger partial charge on any atom is -0.441 e. The molecule has 0 saturated heterocycles. The van der Waals surface area contributed by atoms with E-state index in [0.717, 1.165) is 5.56 Å². The average Bonchev–Trinajstić information content (AvgIpc) is 2.65. The highest BCUT2D eigenvalue weighted by Gasteiger charge is 2.06. The van der Waals surface area contributed by atoms with Gasteiger partial charge in [0.2, 0.25) is 5.91 Å². The number of benzene rings is 1. The monoisotopic (exact) mass is 202 g/mol. The van der Waals surface area contributed by atoms with E-state index in [2.05, 4.69) is 4.98 Å². The van der Waals surface area contributed by atoms with E-state index in [1.807, 2.05) is 6.07 Å². The lowest BCUT2D eigenvalue weighted by Crippen LogP contribution is -2.10. The molecule has 0 spiro atoms. The SMILES string of the molecule is Cc1ncc(-c2cccc(C(N)=O)c2)o1. The number of hydrogen-bond acceptors (Lipinski definition) is 3. The molecule has 0 aliphatic carbocycles. The first-order valence-corrected chi connectivity index (χ1v) is 4.49. The average molecular weight is 202 g/mol. The molecule has 1 amide bonds. The third kappa shape index (κ3) is 1.88. The van der Waals surface area contributed by atoms with Crippen molar-refractivity contribution in [2.75, 3.05) is 0 Å². The molecule has 0 atom stereocenters. The maximum Gasteiger partial charge on any atom is 0.248 e. The van der Waals surface area contributed by atoms with Crippen molar-refractivity contribution in [3.63, 3.8) is 0 Å². The molecule has 0 saturated carbocycles. The molecule has 1 heterocycles. The van der Waals surface area contributed by atoms with Crippen LogP contribution in [0.1, 0.15) is 16.2 Å². The molecule has 76 valence electrons. The van der Waals surface area contributed by atoms with E-state index < -0.39 is 5.91 Å². The van der Waals surface area contributed by atoms with Crippen molar-refractivity contribution < 1.29 is 9.21 Å². The normalized spacial score (nSPS) is 10.2. The highest BCUT2D eigenvalue weighted by molar-refractivity contribution is 5.93. The lowest BCUT2D eigenvalue weighted by molar-refractivity contribution is 0.100. The fourth-order valence-corrected chi connectivity index (χ4v) is 1.32. The summed E-state index contributed by atoms with van der Waals surface area (Å²) >= 11 is 0. The van der Waals surface area contributed by atoms with Gasteiger partial charge < -0.3 is 10.2 Å². The standard InChI is InChI=1S/C11H10N2O2/c1-7-13-6-10(15-7)8-3-2-4-9(5-8)11(12)14/h2-6H,1H3,(H2,12,14). The molecule has 1 aromatic heterocycles. The predicted octanol–water partition coefficient (Wildman–Crippen LogP) is 1.75. The maximum atomic E-state index is 11.0. The number of carbonyl (C=O) groups excluding carboxylic acids is 1. The number of aryl methyl sites for hydroxylation is 1. The van der Waals surface area contributed by atoms with Crippen molar-refractivity contribution in [3.8, 4) is 11.3 Å². The topological polar surface area (TPSA) is 69.1 Å². The van der Waals surface area contributed by atoms with Crippen molar-refractivity contribution in [1.82, 2.24) is 4.98 Å². The number of aromatic nitrogens is 1. The predicted molar refractivity (Wildman–Crippen MR) is 55.2 cm³/mol. The van der Waals surface area contributed by atoms with Crippen LogP contribution in [0.5, 0.6) is 0 Å². The Morgan fingerprint density at radius 2 is 2.27 bits per heavy atom. The Labute approximate surface area is 86.7 Å². The van der Waals surface area contributed by atoms with Crippen LogP contribution in [0.25, 0.3) is 11.3 Å². The summed E-state index contributed by atoms with van der Waals surface area (Å²) in [4.78, 5) is 15.0. The van der Waals surface area contributed by atoms with Gasteiger partial charge in [0.25, 0.3) is 0 Å². The quantitative estimate of drug-likeness (QED) is 0.806. The van der Waals surface area contributed by atoms with Gasteiger partial charge in [0.05, 0.1) is 6.20 Å².